The highest BCUT2D eigenvalue weighted by atomic mass is 32.2. The first-order valence-electron chi connectivity index (χ1n) is 8.88. The van der Waals surface area contributed by atoms with E-state index in [9.17, 15) is 12.8 Å². The highest BCUT2D eigenvalue weighted by molar-refractivity contribution is 7.89. The van der Waals surface area contributed by atoms with E-state index in [-0.39, 0.29) is 23.3 Å². The second-order valence-corrected chi connectivity index (χ2v) is 8.43. The molecule has 2 aliphatic rings. The first kappa shape index (κ1) is 19.5. The summed E-state index contributed by atoms with van der Waals surface area (Å²) in [7, 11) is -2.28. The lowest BCUT2D eigenvalue weighted by Gasteiger charge is -2.32. The minimum atomic E-state index is -3.82. The van der Waals surface area contributed by atoms with E-state index >= 15 is 0 Å². The van der Waals surface area contributed by atoms with Crippen molar-refractivity contribution in [3.63, 3.8) is 0 Å². The highest BCUT2D eigenvalue weighted by Gasteiger charge is 2.37. The van der Waals surface area contributed by atoms with Gasteiger partial charge in [0.15, 0.2) is 0 Å². The van der Waals surface area contributed by atoms with Crippen LogP contribution < -0.4 is 10.1 Å². The maximum absolute atomic E-state index is 13.7. The maximum atomic E-state index is 13.7. The van der Waals surface area contributed by atoms with Crippen molar-refractivity contribution in [2.24, 2.45) is 0 Å². The second-order valence-electron chi connectivity index (χ2n) is 6.52. The number of methoxy groups -OCH3 is 1. The van der Waals surface area contributed by atoms with Crippen LogP contribution in [0.1, 0.15) is 6.42 Å². The number of hydrogen-bond acceptors (Lipinski definition) is 6. The summed E-state index contributed by atoms with van der Waals surface area (Å²) >= 11 is 0. The van der Waals surface area contributed by atoms with E-state index in [1.54, 1.807) is 0 Å². The predicted octanol–water partition coefficient (Wildman–Crippen LogP) is 0.519. The molecule has 1 aromatic carbocycles. The number of sulfonamides is 1. The Labute approximate surface area is 154 Å². The molecule has 0 radical (unpaired) electrons. The molecule has 1 unspecified atom stereocenters. The van der Waals surface area contributed by atoms with E-state index in [2.05, 4.69) is 10.2 Å². The van der Waals surface area contributed by atoms with Crippen molar-refractivity contribution in [1.82, 2.24) is 14.5 Å². The molecule has 2 saturated heterocycles. The normalized spacial score (nSPS) is 22.6. The van der Waals surface area contributed by atoms with Crippen LogP contribution in [0, 0.1) is 5.82 Å². The Morgan fingerprint density at radius 3 is 2.73 bits per heavy atom. The van der Waals surface area contributed by atoms with E-state index in [0.29, 0.717) is 19.7 Å². The van der Waals surface area contributed by atoms with Crippen LogP contribution >= 0.6 is 0 Å². The number of hydrogen-bond donors (Lipinski definition) is 1. The number of halogens is 1. The first-order valence-corrected chi connectivity index (χ1v) is 10.3. The quantitative estimate of drug-likeness (QED) is 0.688. The molecule has 0 spiro atoms. The van der Waals surface area contributed by atoms with E-state index in [1.807, 2.05) is 0 Å². The van der Waals surface area contributed by atoms with Crippen molar-refractivity contribution >= 4 is 10.0 Å². The average molecular weight is 387 g/mol. The van der Waals surface area contributed by atoms with Gasteiger partial charge in [0.2, 0.25) is 10.0 Å². The van der Waals surface area contributed by atoms with Crippen molar-refractivity contribution in [2.45, 2.75) is 17.4 Å². The van der Waals surface area contributed by atoms with Gasteiger partial charge < -0.3 is 14.8 Å². The smallest absolute Gasteiger partial charge is 0.246 e. The average Bonchev–Trinajstić information content (AvgIpc) is 3.15. The molecule has 1 aromatic rings. The third kappa shape index (κ3) is 4.34. The molecular formula is C17H26FN3O4S. The predicted molar refractivity (Wildman–Crippen MR) is 95.4 cm³/mol. The van der Waals surface area contributed by atoms with Crippen LogP contribution in [0.15, 0.2) is 23.1 Å². The summed E-state index contributed by atoms with van der Waals surface area (Å²) in [4.78, 5) is 2.21. The van der Waals surface area contributed by atoms with Crippen LogP contribution in [0.4, 0.5) is 4.39 Å². The monoisotopic (exact) mass is 387 g/mol. The van der Waals surface area contributed by atoms with Crippen molar-refractivity contribution in [3.8, 4) is 5.75 Å². The molecule has 3 rings (SSSR count). The van der Waals surface area contributed by atoms with Gasteiger partial charge >= 0.3 is 0 Å². The van der Waals surface area contributed by atoms with Crippen LogP contribution in [0.25, 0.3) is 0 Å². The van der Waals surface area contributed by atoms with Crippen molar-refractivity contribution in [1.29, 1.82) is 0 Å². The summed E-state index contributed by atoms with van der Waals surface area (Å²) in [5, 5.41) is 3.30. The van der Waals surface area contributed by atoms with E-state index in [1.165, 1.54) is 23.5 Å². The zero-order chi connectivity index (χ0) is 18.6. The minimum Gasteiger partial charge on any atom is -0.490 e. The molecule has 0 saturated carbocycles. The molecule has 2 aliphatic heterocycles. The Hall–Kier alpha value is -1.26. The number of ether oxygens (including phenoxy) is 2. The van der Waals surface area contributed by atoms with Crippen LogP contribution in [-0.4, -0.2) is 83.3 Å². The van der Waals surface area contributed by atoms with E-state index in [4.69, 9.17) is 9.47 Å². The molecule has 0 aliphatic carbocycles. The number of piperazine rings is 1. The number of nitrogens with one attached hydrogen (secondary N) is 1. The van der Waals surface area contributed by atoms with Crippen LogP contribution in [0.5, 0.6) is 5.75 Å². The fourth-order valence-electron chi connectivity index (χ4n) is 3.45. The minimum absolute atomic E-state index is 0.116. The van der Waals surface area contributed by atoms with E-state index < -0.39 is 15.8 Å². The van der Waals surface area contributed by atoms with Gasteiger partial charge in [0.25, 0.3) is 0 Å². The van der Waals surface area contributed by atoms with Crippen LogP contribution in [-0.2, 0) is 14.8 Å². The molecular weight excluding hydrogens is 361 g/mol. The topological polar surface area (TPSA) is 71.1 Å². The van der Waals surface area contributed by atoms with Gasteiger partial charge in [-0.2, -0.15) is 4.31 Å². The fourth-order valence-corrected chi connectivity index (χ4v) is 5.09. The molecule has 7 nitrogen and oxygen atoms in total. The van der Waals surface area contributed by atoms with Gasteiger partial charge in [0.1, 0.15) is 23.1 Å². The number of rotatable bonds is 7. The molecule has 2 heterocycles. The zero-order valence-corrected chi connectivity index (χ0v) is 15.8. The molecule has 0 aromatic heterocycles. The van der Waals surface area contributed by atoms with Gasteiger partial charge in [-0.15, -0.1) is 0 Å². The molecule has 2 fully saturated rings. The Balaban J connectivity index is 1.76. The van der Waals surface area contributed by atoms with E-state index in [0.717, 1.165) is 38.7 Å². The molecule has 146 valence electrons. The Kier molecular flexibility index (Phi) is 6.46. The molecule has 1 atom stereocenters. The summed E-state index contributed by atoms with van der Waals surface area (Å²) in [5.74, 6) is -0.436. The maximum Gasteiger partial charge on any atom is 0.246 e. The van der Waals surface area contributed by atoms with Crippen molar-refractivity contribution < 1.29 is 22.3 Å². The van der Waals surface area contributed by atoms with Gasteiger partial charge in [0, 0.05) is 52.4 Å². The van der Waals surface area contributed by atoms with Crippen molar-refractivity contribution in [2.75, 3.05) is 59.6 Å². The third-order valence-corrected chi connectivity index (χ3v) is 6.75. The van der Waals surface area contributed by atoms with Crippen molar-refractivity contribution in [3.05, 3.63) is 24.0 Å². The third-order valence-electron chi connectivity index (χ3n) is 4.86. The Bertz CT molecular complexity index is 710. The number of nitrogens with zero attached hydrogens (tertiary/aromatic N) is 2. The lowest BCUT2D eigenvalue weighted by molar-refractivity contribution is 0.144. The fraction of sp³-hybridized carbons (Fsp3) is 0.647. The summed E-state index contributed by atoms with van der Waals surface area (Å²) in [6.45, 7) is 5.07. The SMILES string of the molecule is COCCOc1ccc(F)cc1S(=O)(=O)N1CCC(N2CCNCC2)C1. The van der Waals surface area contributed by atoms with Gasteiger partial charge in [-0.3, -0.25) is 4.90 Å². The Morgan fingerprint density at radius 2 is 2.00 bits per heavy atom. The molecule has 1 N–H and O–H groups in total. The summed E-state index contributed by atoms with van der Waals surface area (Å²) in [6.07, 6.45) is 0.786. The highest BCUT2D eigenvalue weighted by Crippen LogP contribution is 2.30. The standard InChI is InChI=1S/C17H26FN3O4S/c1-24-10-11-25-16-3-2-14(18)12-17(16)26(22,23)21-7-4-15(13-21)20-8-5-19-6-9-20/h2-3,12,15,19H,4-11,13H2,1H3. The van der Waals surface area contributed by atoms with Gasteiger partial charge in [-0.05, 0) is 24.6 Å². The van der Waals surface area contributed by atoms with Crippen LogP contribution in [0.3, 0.4) is 0 Å². The van der Waals surface area contributed by atoms with Gasteiger partial charge in [0.05, 0.1) is 6.61 Å². The zero-order valence-electron chi connectivity index (χ0n) is 15.0. The summed E-state index contributed by atoms with van der Waals surface area (Å²) < 4.78 is 51.8. The van der Waals surface area contributed by atoms with Crippen LogP contribution in [0.2, 0.25) is 0 Å². The largest absolute Gasteiger partial charge is 0.490 e. The van der Waals surface area contributed by atoms with Gasteiger partial charge in [-0.25, -0.2) is 12.8 Å². The summed E-state index contributed by atoms with van der Waals surface area (Å²) in [6, 6.07) is 3.81. The summed E-state index contributed by atoms with van der Waals surface area (Å²) in [5.41, 5.74) is 0. The van der Waals surface area contributed by atoms with Gasteiger partial charge in [-0.1, -0.05) is 0 Å². The second kappa shape index (κ2) is 8.62. The Morgan fingerprint density at radius 1 is 1.23 bits per heavy atom. The lowest BCUT2D eigenvalue weighted by atomic mass is 10.2. The number of benzene rings is 1. The molecule has 26 heavy (non-hydrogen) atoms. The first-order chi connectivity index (χ1) is 12.5. The molecule has 9 heteroatoms. The molecule has 0 bridgehead atoms. The lowest BCUT2D eigenvalue weighted by Crippen LogP contribution is -2.49. The molecule has 0 amide bonds.